The van der Waals surface area contributed by atoms with Gasteiger partial charge in [0, 0.05) is 5.56 Å². The van der Waals surface area contributed by atoms with Crippen molar-refractivity contribution < 1.29 is 23.9 Å². The Bertz CT molecular complexity index is 563. The smallest absolute Gasteiger partial charge is 0.316 e. The van der Waals surface area contributed by atoms with Gasteiger partial charge in [-0.3, -0.25) is 14.4 Å². The van der Waals surface area contributed by atoms with Gasteiger partial charge in [0.1, 0.15) is 5.92 Å². The first-order valence-electron chi connectivity index (χ1n) is 6.31. The molecular formula is C15H16O5. The van der Waals surface area contributed by atoms with Crippen LogP contribution < -0.4 is 0 Å². The zero-order chi connectivity index (χ0) is 14.9. The molecule has 20 heavy (non-hydrogen) atoms. The van der Waals surface area contributed by atoms with Gasteiger partial charge in [-0.25, -0.2) is 0 Å². The highest BCUT2D eigenvalue weighted by molar-refractivity contribution is 6.12. The van der Waals surface area contributed by atoms with Gasteiger partial charge in [-0.15, -0.1) is 0 Å². The molecule has 0 aliphatic heterocycles. The fraction of sp³-hybridized carbons (Fsp3) is 0.400. The Morgan fingerprint density at radius 1 is 1.00 bits per heavy atom. The second-order valence-corrected chi connectivity index (χ2v) is 4.81. The average Bonchev–Trinajstić information content (AvgIpc) is 2.46. The van der Waals surface area contributed by atoms with Crippen LogP contribution in [-0.4, -0.2) is 31.9 Å². The van der Waals surface area contributed by atoms with Crippen molar-refractivity contribution in [1.29, 1.82) is 0 Å². The summed E-state index contributed by atoms with van der Waals surface area (Å²) in [7, 11) is 2.53. The van der Waals surface area contributed by atoms with E-state index in [0.29, 0.717) is 11.1 Å². The monoisotopic (exact) mass is 276 g/mol. The lowest BCUT2D eigenvalue weighted by Gasteiger charge is -2.33. The fourth-order valence-corrected chi connectivity index (χ4v) is 2.79. The molecule has 1 aromatic carbocycles. The fourth-order valence-electron chi connectivity index (χ4n) is 2.79. The summed E-state index contributed by atoms with van der Waals surface area (Å²) in [6.45, 7) is 1.69. The van der Waals surface area contributed by atoms with Crippen molar-refractivity contribution in [2.75, 3.05) is 14.2 Å². The predicted octanol–water partition coefficient (Wildman–Crippen LogP) is 1.56. The van der Waals surface area contributed by atoms with E-state index in [0.717, 1.165) is 0 Å². The van der Waals surface area contributed by atoms with Gasteiger partial charge in [0.25, 0.3) is 0 Å². The van der Waals surface area contributed by atoms with Gasteiger partial charge < -0.3 is 9.47 Å². The first-order valence-corrected chi connectivity index (χ1v) is 6.31. The highest BCUT2D eigenvalue weighted by Crippen LogP contribution is 2.40. The van der Waals surface area contributed by atoms with Crippen LogP contribution in [0.25, 0.3) is 0 Å². The summed E-state index contributed by atoms with van der Waals surface area (Å²) < 4.78 is 9.51. The largest absolute Gasteiger partial charge is 0.469 e. The van der Waals surface area contributed by atoms with Gasteiger partial charge in [0.2, 0.25) is 0 Å². The molecule has 0 radical (unpaired) electrons. The standard InChI is InChI=1S/C15H16O5/c1-8-11(14(17)19-2)9-6-4-5-7-10(9)13(16)12(8)15(18)20-3/h4-8,11-12H,1-3H3. The van der Waals surface area contributed by atoms with Crippen molar-refractivity contribution >= 4 is 17.7 Å². The molecule has 1 aliphatic rings. The minimum Gasteiger partial charge on any atom is -0.469 e. The Labute approximate surface area is 116 Å². The number of rotatable bonds is 2. The van der Waals surface area contributed by atoms with E-state index in [9.17, 15) is 14.4 Å². The quantitative estimate of drug-likeness (QED) is 0.605. The Balaban J connectivity index is 2.58. The summed E-state index contributed by atoms with van der Waals surface area (Å²) in [5.74, 6) is -3.49. The zero-order valence-electron chi connectivity index (χ0n) is 11.6. The second-order valence-electron chi connectivity index (χ2n) is 4.81. The Morgan fingerprint density at radius 2 is 1.55 bits per heavy atom. The molecular weight excluding hydrogens is 260 g/mol. The molecule has 0 saturated heterocycles. The Kier molecular flexibility index (Phi) is 3.88. The van der Waals surface area contributed by atoms with Gasteiger partial charge in [-0.2, -0.15) is 0 Å². The maximum absolute atomic E-state index is 12.4. The number of Topliss-reactive ketones (excluding diaryl/α,β-unsaturated/α-hetero) is 1. The Hall–Kier alpha value is -2.17. The van der Waals surface area contributed by atoms with E-state index in [1.807, 2.05) is 0 Å². The van der Waals surface area contributed by atoms with Gasteiger partial charge in [0.15, 0.2) is 5.78 Å². The molecule has 0 heterocycles. The van der Waals surface area contributed by atoms with Crippen molar-refractivity contribution in [2.24, 2.45) is 11.8 Å². The molecule has 0 N–H and O–H groups in total. The van der Waals surface area contributed by atoms with E-state index in [-0.39, 0.29) is 5.78 Å². The first-order chi connectivity index (χ1) is 9.52. The van der Waals surface area contributed by atoms with Gasteiger partial charge in [-0.1, -0.05) is 31.2 Å². The van der Waals surface area contributed by atoms with Crippen LogP contribution in [0, 0.1) is 11.8 Å². The lowest BCUT2D eigenvalue weighted by Crippen LogP contribution is -2.41. The van der Waals surface area contributed by atoms with E-state index in [1.54, 1.807) is 31.2 Å². The number of methoxy groups -OCH3 is 2. The third-order valence-electron chi connectivity index (χ3n) is 3.81. The molecule has 0 aromatic heterocycles. The van der Waals surface area contributed by atoms with Crippen LogP contribution in [0.4, 0.5) is 0 Å². The number of benzene rings is 1. The molecule has 5 nitrogen and oxygen atoms in total. The van der Waals surface area contributed by atoms with Crippen LogP contribution in [0.2, 0.25) is 0 Å². The molecule has 3 atom stereocenters. The topological polar surface area (TPSA) is 69.7 Å². The maximum atomic E-state index is 12.4. The molecule has 2 rings (SSSR count). The van der Waals surface area contributed by atoms with Crippen LogP contribution in [0.5, 0.6) is 0 Å². The number of ketones is 1. The highest BCUT2D eigenvalue weighted by Gasteiger charge is 2.47. The third-order valence-corrected chi connectivity index (χ3v) is 3.81. The molecule has 1 aliphatic carbocycles. The predicted molar refractivity (Wildman–Crippen MR) is 70.2 cm³/mol. The maximum Gasteiger partial charge on any atom is 0.316 e. The Morgan fingerprint density at radius 3 is 2.15 bits per heavy atom. The summed E-state index contributed by atoms with van der Waals surface area (Å²) in [5, 5.41) is 0. The molecule has 0 saturated carbocycles. The molecule has 0 fully saturated rings. The molecule has 3 unspecified atom stereocenters. The van der Waals surface area contributed by atoms with Crippen molar-refractivity contribution in [2.45, 2.75) is 12.8 Å². The van der Waals surface area contributed by atoms with Gasteiger partial charge in [0.05, 0.1) is 20.1 Å². The number of hydrogen-bond donors (Lipinski definition) is 0. The molecule has 106 valence electrons. The normalized spacial score (nSPS) is 24.8. The van der Waals surface area contributed by atoms with E-state index < -0.39 is 29.7 Å². The second kappa shape index (κ2) is 5.45. The molecule has 1 aromatic rings. The lowest BCUT2D eigenvalue weighted by atomic mass is 9.69. The van der Waals surface area contributed by atoms with Gasteiger partial charge >= 0.3 is 11.9 Å². The number of carbonyl (C=O) groups is 3. The summed E-state index contributed by atoms with van der Waals surface area (Å²) in [5.41, 5.74) is 0.994. The van der Waals surface area contributed by atoms with Crippen LogP contribution in [0.1, 0.15) is 28.8 Å². The minimum atomic E-state index is -0.973. The van der Waals surface area contributed by atoms with E-state index >= 15 is 0 Å². The van der Waals surface area contributed by atoms with Crippen LogP contribution in [-0.2, 0) is 19.1 Å². The van der Waals surface area contributed by atoms with E-state index in [4.69, 9.17) is 9.47 Å². The number of carbonyl (C=O) groups excluding carboxylic acids is 3. The number of esters is 2. The van der Waals surface area contributed by atoms with Crippen LogP contribution in [0.3, 0.4) is 0 Å². The molecule has 0 bridgehead atoms. The van der Waals surface area contributed by atoms with Crippen molar-refractivity contribution in [3.63, 3.8) is 0 Å². The SMILES string of the molecule is COC(=O)C1C(=O)c2ccccc2C(C(=O)OC)C1C. The molecule has 0 amide bonds. The summed E-state index contributed by atoms with van der Waals surface area (Å²) in [4.78, 5) is 36.3. The summed E-state index contributed by atoms with van der Waals surface area (Å²) in [6, 6.07) is 6.80. The van der Waals surface area contributed by atoms with E-state index in [1.165, 1.54) is 14.2 Å². The summed E-state index contributed by atoms with van der Waals surface area (Å²) >= 11 is 0. The van der Waals surface area contributed by atoms with E-state index in [2.05, 4.69) is 0 Å². The first kappa shape index (κ1) is 14.2. The highest BCUT2D eigenvalue weighted by atomic mass is 16.5. The number of hydrogen-bond acceptors (Lipinski definition) is 5. The third kappa shape index (κ3) is 2.09. The van der Waals surface area contributed by atoms with Crippen LogP contribution in [0.15, 0.2) is 24.3 Å². The van der Waals surface area contributed by atoms with Gasteiger partial charge in [-0.05, 0) is 11.5 Å². The van der Waals surface area contributed by atoms with Crippen molar-refractivity contribution in [3.05, 3.63) is 35.4 Å². The molecule has 5 heteroatoms. The average molecular weight is 276 g/mol. The zero-order valence-corrected chi connectivity index (χ0v) is 11.6. The van der Waals surface area contributed by atoms with Crippen molar-refractivity contribution in [3.8, 4) is 0 Å². The lowest BCUT2D eigenvalue weighted by molar-refractivity contribution is -0.148. The van der Waals surface area contributed by atoms with Crippen molar-refractivity contribution in [1.82, 2.24) is 0 Å². The number of fused-ring (bicyclic) bond motifs is 1. The molecule has 0 spiro atoms. The number of ether oxygens (including phenoxy) is 2. The van der Waals surface area contributed by atoms with Crippen LogP contribution >= 0.6 is 0 Å². The minimum absolute atomic E-state index is 0.305. The summed E-state index contributed by atoms with van der Waals surface area (Å²) in [6.07, 6.45) is 0.